The first kappa shape index (κ1) is 20.8. The number of hydrogen-bond donors (Lipinski definition) is 0. The molecule has 0 radical (unpaired) electrons. The molecule has 2 heterocycles. The van der Waals surface area contributed by atoms with Crippen LogP contribution in [0.2, 0.25) is 0 Å². The Hall–Kier alpha value is -1.96. The maximum absolute atomic E-state index is 12.7. The largest absolute Gasteiger partial charge is 0.348 e. The second kappa shape index (κ2) is 9.03. The second-order valence-electron chi connectivity index (χ2n) is 8.37. The lowest BCUT2D eigenvalue weighted by molar-refractivity contribution is -0.141. The summed E-state index contributed by atoms with van der Waals surface area (Å²) in [5.74, 6) is -0.420. The molecule has 8 nitrogen and oxygen atoms in total. The van der Waals surface area contributed by atoms with Crippen LogP contribution in [0.25, 0.3) is 0 Å². The van der Waals surface area contributed by atoms with Crippen molar-refractivity contribution in [2.75, 3.05) is 53.4 Å². The van der Waals surface area contributed by atoms with E-state index in [1.165, 1.54) is 4.90 Å². The molecule has 156 valence electrons. The lowest BCUT2D eigenvalue weighted by Crippen LogP contribution is -2.40. The molecule has 2 aliphatic heterocycles. The minimum absolute atomic E-state index is 0.0174. The van der Waals surface area contributed by atoms with Crippen LogP contribution in [0.1, 0.15) is 38.5 Å². The monoisotopic (exact) mass is 392 g/mol. The highest BCUT2D eigenvalue weighted by Crippen LogP contribution is 2.37. The van der Waals surface area contributed by atoms with E-state index in [9.17, 15) is 19.2 Å². The number of fused-ring (bicyclic) bond motifs is 1. The predicted octanol–water partition coefficient (Wildman–Crippen LogP) is 0.174. The van der Waals surface area contributed by atoms with Gasteiger partial charge in [0.15, 0.2) is 0 Å². The number of carbonyl (C=O) groups is 4. The molecule has 0 aromatic rings. The first-order valence-electron chi connectivity index (χ1n) is 10.4. The lowest BCUT2D eigenvalue weighted by Gasteiger charge is -2.23. The number of likely N-dealkylation sites (tertiary alicyclic amines) is 1. The maximum atomic E-state index is 12.7. The molecule has 0 aromatic carbocycles. The summed E-state index contributed by atoms with van der Waals surface area (Å²) in [4.78, 5) is 56.4. The number of imide groups is 1. The Kier molecular flexibility index (Phi) is 6.69. The highest BCUT2D eigenvalue weighted by atomic mass is 16.2. The molecule has 2 unspecified atom stereocenters. The van der Waals surface area contributed by atoms with Crippen LogP contribution in [0.5, 0.6) is 0 Å². The molecule has 8 heteroatoms. The van der Waals surface area contributed by atoms with Crippen molar-refractivity contribution in [3.63, 3.8) is 0 Å². The van der Waals surface area contributed by atoms with Gasteiger partial charge < -0.3 is 9.80 Å². The van der Waals surface area contributed by atoms with Crippen molar-refractivity contribution in [3.05, 3.63) is 0 Å². The zero-order valence-corrected chi connectivity index (χ0v) is 17.1. The molecule has 1 aliphatic carbocycles. The zero-order chi connectivity index (χ0) is 20.3. The van der Waals surface area contributed by atoms with Gasteiger partial charge in [0.05, 0.1) is 18.4 Å². The second-order valence-corrected chi connectivity index (χ2v) is 8.37. The van der Waals surface area contributed by atoms with Gasteiger partial charge in [-0.1, -0.05) is 12.8 Å². The van der Waals surface area contributed by atoms with Gasteiger partial charge in [0, 0.05) is 53.2 Å². The minimum Gasteiger partial charge on any atom is -0.348 e. The summed E-state index contributed by atoms with van der Waals surface area (Å²) in [5.41, 5.74) is 0. The van der Waals surface area contributed by atoms with Gasteiger partial charge in [-0.3, -0.25) is 29.0 Å². The molecule has 3 fully saturated rings. The fourth-order valence-electron chi connectivity index (χ4n) is 4.53. The molecule has 28 heavy (non-hydrogen) atoms. The van der Waals surface area contributed by atoms with Gasteiger partial charge in [-0.15, -0.1) is 0 Å². The standard InChI is InChI=1S/C20H32N4O4/c1-21(2)18(26)14-22-9-5-10-23(13-12-22)17(25)8-11-24-19(27)15-6-3-4-7-16(15)20(24)28/h15-16H,3-14H2,1-2H3. The van der Waals surface area contributed by atoms with Crippen LogP contribution < -0.4 is 0 Å². The molecule has 4 amide bonds. The van der Waals surface area contributed by atoms with Gasteiger partial charge in [-0.25, -0.2) is 0 Å². The van der Waals surface area contributed by atoms with E-state index in [-0.39, 0.29) is 48.4 Å². The van der Waals surface area contributed by atoms with Crippen molar-refractivity contribution >= 4 is 23.6 Å². The third-order valence-corrected chi connectivity index (χ3v) is 6.28. The van der Waals surface area contributed by atoms with Crippen LogP contribution in [0, 0.1) is 11.8 Å². The molecule has 3 aliphatic rings. The third-order valence-electron chi connectivity index (χ3n) is 6.28. The van der Waals surface area contributed by atoms with Crippen molar-refractivity contribution in [1.29, 1.82) is 0 Å². The molecule has 0 N–H and O–H groups in total. The quantitative estimate of drug-likeness (QED) is 0.623. The Morgan fingerprint density at radius 2 is 1.57 bits per heavy atom. The summed E-state index contributed by atoms with van der Waals surface area (Å²) in [6.45, 7) is 3.25. The van der Waals surface area contributed by atoms with Crippen molar-refractivity contribution in [1.82, 2.24) is 19.6 Å². The van der Waals surface area contributed by atoms with Gasteiger partial charge in [0.25, 0.3) is 0 Å². The number of nitrogens with zero attached hydrogens (tertiary/aromatic N) is 4. The van der Waals surface area contributed by atoms with E-state index in [0.29, 0.717) is 26.2 Å². The van der Waals surface area contributed by atoms with Crippen molar-refractivity contribution < 1.29 is 19.2 Å². The van der Waals surface area contributed by atoms with E-state index < -0.39 is 0 Å². The normalized spacial score (nSPS) is 26.2. The van der Waals surface area contributed by atoms with Gasteiger partial charge in [0.2, 0.25) is 23.6 Å². The van der Waals surface area contributed by atoms with Crippen LogP contribution in [0.4, 0.5) is 0 Å². The minimum atomic E-state index is -0.155. The van der Waals surface area contributed by atoms with E-state index in [4.69, 9.17) is 0 Å². The highest BCUT2D eigenvalue weighted by Gasteiger charge is 2.47. The van der Waals surface area contributed by atoms with E-state index >= 15 is 0 Å². The summed E-state index contributed by atoms with van der Waals surface area (Å²) >= 11 is 0. The van der Waals surface area contributed by atoms with Crippen molar-refractivity contribution in [2.24, 2.45) is 11.8 Å². The van der Waals surface area contributed by atoms with Crippen LogP contribution in [-0.4, -0.2) is 96.6 Å². The fraction of sp³-hybridized carbons (Fsp3) is 0.800. The van der Waals surface area contributed by atoms with Crippen LogP contribution in [0.15, 0.2) is 0 Å². The van der Waals surface area contributed by atoms with E-state index in [0.717, 1.165) is 38.6 Å². The van der Waals surface area contributed by atoms with Crippen LogP contribution >= 0.6 is 0 Å². The Labute approximate surface area is 166 Å². The number of likely N-dealkylation sites (N-methyl/N-ethyl adjacent to an activating group) is 1. The average Bonchev–Trinajstić information content (AvgIpc) is 2.83. The van der Waals surface area contributed by atoms with Crippen LogP contribution in [0.3, 0.4) is 0 Å². The smallest absolute Gasteiger partial charge is 0.236 e. The third kappa shape index (κ3) is 4.54. The van der Waals surface area contributed by atoms with E-state index in [2.05, 4.69) is 4.90 Å². The summed E-state index contributed by atoms with van der Waals surface area (Å²) < 4.78 is 0. The van der Waals surface area contributed by atoms with E-state index in [1.807, 2.05) is 0 Å². The summed E-state index contributed by atoms with van der Waals surface area (Å²) in [6, 6.07) is 0. The zero-order valence-electron chi connectivity index (χ0n) is 17.1. The van der Waals surface area contributed by atoms with E-state index in [1.54, 1.807) is 23.9 Å². The van der Waals surface area contributed by atoms with Gasteiger partial charge in [-0.05, 0) is 19.3 Å². The Bertz CT molecular complexity index is 612. The number of hydrogen-bond acceptors (Lipinski definition) is 5. The molecule has 0 bridgehead atoms. The summed E-state index contributed by atoms with van der Waals surface area (Å²) in [7, 11) is 3.49. The number of amides is 4. The Balaban J connectivity index is 1.48. The maximum Gasteiger partial charge on any atom is 0.236 e. The molecule has 2 saturated heterocycles. The number of rotatable bonds is 5. The van der Waals surface area contributed by atoms with Crippen molar-refractivity contribution in [3.8, 4) is 0 Å². The highest BCUT2D eigenvalue weighted by molar-refractivity contribution is 6.05. The SMILES string of the molecule is CN(C)C(=O)CN1CCCN(C(=O)CCN2C(=O)C3CCCCC3C2=O)CC1. The predicted molar refractivity (Wildman–Crippen MR) is 103 cm³/mol. The summed E-state index contributed by atoms with van der Waals surface area (Å²) in [6.07, 6.45) is 4.62. The fourth-order valence-corrected chi connectivity index (χ4v) is 4.53. The Morgan fingerprint density at radius 1 is 0.929 bits per heavy atom. The first-order valence-corrected chi connectivity index (χ1v) is 10.4. The molecular formula is C20H32N4O4. The summed E-state index contributed by atoms with van der Waals surface area (Å²) in [5, 5.41) is 0. The Morgan fingerprint density at radius 3 is 2.18 bits per heavy atom. The van der Waals surface area contributed by atoms with Crippen LogP contribution in [-0.2, 0) is 19.2 Å². The topological polar surface area (TPSA) is 81.2 Å². The first-order chi connectivity index (χ1) is 13.4. The molecule has 2 atom stereocenters. The van der Waals surface area contributed by atoms with Gasteiger partial charge in [0.1, 0.15) is 0 Å². The number of carbonyl (C=O) groups excluding carboxylic acids is 4. The molecule has 1 saturated carbocycles. The lowest BCUT2D eigenvalue weighted by atomic mass is 9.81. The average molecular weight is 393 g/mol. The van der Waals surface area contributed by atoms with Gasteiger partial charge >= 0.3 is 0 Å². The molecule has 0 aromatic heterocycles. The molecule has 0 spiro atoms. The van der Waals surface area contributed by atoms with Crippen molar-refractivity contribution in [2.45, 2.75) is 38.5 Å². The van der Waals surface area contributed by atoms with Gasteiger partial charge in [-0.2, -0.15) is 0 Å². The molecular weight excluding hydrogens is 360 g/mol. The molecule has 3 rings (SSSR count).